The van der Waals surface area contributed by atoms with Crippen LogP contribution < -0.4 is 0 Å². The molecule has 1 aliphatic rings. The lowest BCUT2D eigenvalue weighted by atomic mass is 10.0. The number of hydrogen-bond acceptors (Lipinski definition) is 3. The smallest absolute Gasteiger partial charge is 0.239 e. The highest BCUT2D eigenvalue weighted by molar-refractivity contribution is 5.25. The molecule has 2 unspecified atom stereocenters. The Kier molecular flexibility index (Phi) is 3.26. The van der Waals surface area contributed by atoms with Gasteiger partial charge in [-0.1, -0.05) is 30.3 Å². The number of alkyl halides is 2. The summed E-state index contributed by atoms with van der Waals surface area (Å²) in [6, 6.07) is 11.0. The molecule has 4 rings (SSSR count). The first kappa shape index (κ1) is 15.0. The van der Waals surface area contributed by atoms with Gasteiger partial charge >= 0.3 is 0 Å². The van der Waals surface area contributed by atoms with Gasteiger partial charge in [-0.15, -0.1) is 5.10 Å². The number of hydrogen-bond donors (Lipinski definition) is 0. The molecule has 0 N–H and O–H groups in total. The molecular formula is C17H17F2N5. The molecule has 3 heterocycles. The topological polar surface area (TPSA) is 48.5 Å². The summed E-state index contributed by atoms with van der Waals surface area (Å²) < 4.78 is 31.3. The van der Waals surface area contributed by atoms with Gasteiger partial charge in [0.1, 0.15) is 5.67 Å². The van der Waals surface area contributed by atoms with Gasteiger partial charge in [-0.25, -0.2) is 18.1 Å². The second-order valence-corrected chi connectivity index (χ2v) is 6.46. The minimum Gasteiger partial charge on any atom is -0.239 e. The van der Waals surface area contributed by atoms with Gasteiger partial charge in [-0.3, -0.25) is 0 Å². The number of benzene rings is 1. The number of rotatable bonds is 3. The van der Waals surface area contributed by atoms with E-state index < -0.39 is 11.8 Å². The molecule has 0 fully saturated rings. The van der Waals surface area contributed by atoms with E-state index in [0.29, 0.717) is 6.42 Å². The molecule has 1 aliphatic heterocycles. The normalized spacial score (nSPS) is 20.3. The van der Waals surface area contributed by atoms with E-state index >= 15 is 0 Å². The molecule has 2 atom stereocenters. The average Bonchev–Trinajstić information content (AvgIpc) is 3.23. The fourth-order valence-corrected chi connectivity index (χ4v) is 2.97. The van der Waals surface area contributed by atoms with Crippen LogP contribution in [0, 0.1) is 0 Å². The largest absolute Gasteiger partial charge is 0.269 e. The highest BCUT2D eigenvalue weighted by Gasteiger charge is 2.36. The first-order valence-electron chi connectivity index (χ1n) is 7.84. The molecule has 0 saturated carbocycles. The molecule has 124 valence electrons. The van der Waals surface area contributed by atoms with Gasteiger partial charge in [0.25, 0.3) is 5.95 Å². The predicted molar refractivity (Wildman–Crippen MR) is 84.3 cm³/mol. The second-order valence-electron chi connectivity index (χ2n) is 6.46. The second kappa shape index (κ2) is 5.22. The van der Waals surface area contributed by atoms with E-state index in [0.717, 1.165) is 5.56 Å². The summed E-state index contributed by atoms with van der Waals surface area (Å²) in [7, 11) is 0. The Morgan fingerprint density at radius 1 is 1.12 bits per heavy atom. The van der Waals surface area contributed by atoms with Crippen molar-refractivity contribution in [2.24, 2.45) is 0 Å². The van der Waals surface area contributed by atoms with Crippen molar-refractivity contribution >= 4 is 0 Å². The molecule has 3 aromatic rings. The van der Waals surface area contributed by atoms with Gasteiger partial charge in [0.2, 0.25) is 0 Å². The van der Waals surface area contributed by atoms with E-state index in [1.165, 1.54) is 18.5 Å². The van der Waals surface area contributed by atoms with Gasteiger partial charge in [-0.2, -0.15) is 10.1 Å². The van der Waals surface area contributed by atoms with Crippen molar-refractivity contribution in [1.29, 1.82) is 0 Å². The molecule has 5 nitrogen and oxygen atoms in total. The highest BCUT2D eigenvalue weighted by Crippen LogP contribution is 2.39. The van der Waals surface area contributed by atoms with Gasteiger partial charge in [0.15, 0.2) is 12.0 Å². The predicted octanol–water partition coefficient (Wildman–Crippen LogP) is 3.67. The maximum absolute atomic E-state index is 14.4. The van der Waals surface area contributed by atoms with Crippen LogP contribution >= 0.6 is 0 Å². The fraction of sp³-hybridized carbons (Fsp3) is 0.353. The molecule has 2 aromatic heterocycles. The third kappa shape index (κ3) is 2.40. The first-order valence-corrected chi connectivity index (χ1v) is 7.84. The maximum atomic E-state index is 14.4. The molecule has 0 amide bonds. The molecule has 0 aliphatic carbocycles. The summed E-state index contributed by atoms with van der Waals surface area (Å²) in [4.78, 5) is 4.27. The zero-order chi connectivity index (χ0) is 16.9. The fourth-order valence-electron chi connectivity index (χ4n) is 2.97. The molecule has 7 heteroatoms. The third-order valence-electron chi connectivity index (χ3n) is 4.24. The van der Waals surface area contributed by atoms with Gasteiger partial charge in [0.05, 0.1) is 11.7 Å². The molecule has 0 radical (unpaired) electrons. The van der Waals surface area contributed by atoms with Crippen molar-refractivity contribution in [3.8, 4) is 5.95 Å². The third-order valence-corrected chi connectivity index (χ3v) is 4.24. The van der Waals surface area contributed by atoms with Crippen molar-refractivity contribution in [3.05, 3.63) is 59.7 Å². The minimum atomic E-state index is -1.55. The number of halogens is 2. The Bertz CT molecular complexity index is 863. The Labute approximate surface area is 137 Å². The SMILES string of the molecule is CC(C)(F)c1ccn(-c2nc3n(n2)C(c2ccccc2)CC3F)n1. The Morgan fingerprint density at radius 2 is 1.88 bits per heavy atom. The van der Waals surface area contributed by atoms with E-state index in [4.69, 9.17) is 0 Å². The summed E-state index contributed by atoms with van der Waals surface area (Å²) in [5.41, 5.74) is -0.279. The van der Waals surface area contributed by atoms with Crippen molar-refractivity contribution in [3.63, 3.8) is 0 Å². The highest BCUT2D eigenvalue weighted by atomic mass is 19.1. The maximum Gasteiger partial charge on any atom is 0.269 e. The zero-order valence-corrected chi connectivity index (χ0v) is 13.4. The molecule has 1 aromatic carbocycles. The van der Waals surface area contributed by atoms with E-state index in [9.17, 15) is 8.78 Å². The Balaban J connectivity index is 1.72. The standard InChI is InChI=1S/C17H17F2N5/c1-17(2,19)14-8-9-23(21-14)16-20-15-12(18)10-13(24(15)22-16)11-6-4-3-5-7-11/h3-9,12-13H,10H2,1-2H3. The molecule has 0 saturated heterocycles. The Morgan fingerprint density at radius 3 is 2.54 bits per heavy atom. The number of nitrogens with zero attached hydrogens (tertiary/aromatic N) is 5. The van der Waals surface area contributed by atoms with E-state index in [1.54, 1.807) is 16.9 Å². The Hall–Kier alpha value is -2.57. The van der Waals surface area contributed by atoms with Gasteiger partial charge in [-0.05, 0) is 25.5 Å². The van der Waals surface area contributed by atoms with Crippen LogP contribution in [0.2, 0.25) is 0 Å². The van der Waals surface area contributed by atoms with E-state index in [1.807, 2.05) is 30.3 Å². The summed E-state index contributed by atoms with van der Waals surface area (Å²) in [5.74, 6) is 0.541. The van der Waals surface area contributed by atoms with Crippen LogP contribution in [-0.2, 0) is 5.67 Å². The molecule has 0 spiro atoms. The van der Waals surface area contributed by atoms with Crippen molar-refractivity contribution in [2.45, 2.75) is 38.2 Å². The lowest BCUT2D eigenvalue weighted by Gasteiger charge is -2.11. The summed E-state index contributed by atoms with van der Waals surface area (Å²) in [5, 5.41) is 8.58. The number of fused-ring (bicyclic) bond motifs is 1. The van der Waals surface area contributed by atoms with Gasteiger partial charge in [0, 0.05) is 12.6 Å². The van der Waals surface area contributed by atoms with E-state index in [2.05, 4.69) is 15.2 Å². The van der Waals surface area contributed by atoms with Crippen LogP contribution in [0.3, 0.4) is 0 Å². The minimum absolute atomic E-state index is 0.190. The van der Waals surface area contributed by atoms with E-state index in [-0.39, 0.29) is 23.5 Å². The monoisotopic (exact) mass is 329 g/mol. The van der Waals surface area contributed by atoms with Crippen molar-refractivity contribution < 1.29 is 8.78 Å². The summed E-state index contributed by atoms with van der Waals surface area (Å²) >= 11 is 0. The van der Waals surface area contributed by atoms with Crippen LogP contribution in [0.15, 0.2) is 42.6 Å². The number of aromatic nitrogens is 5. The van der Waals surface area contributed by atoms with Crippen LogP contribution in [0.5, 0.6) is 0 Å². The quantitative estimate of drug-likeness (QED) is 0.736. The van der Waals surface area contributed by atoms with Crippen LogP contribution in [0.25, 0.3) is 5.95 Å². The van der Waals surface area contributed by atoms with Crippen molar-refractivity contribution in [1.82, 2.24) is 24.5 Å². The summed E-state index contributed by atoms with van der Waals surface area (Å²) in [6.07, 6.45) is 0.734. The van der Waals surface area contributed by atoms with Crippen LogP contribution in [0.4, 0.5) is 8.78 Å². The van der Waals surface area contributed by atoms with Gasteiger partial charge < -0.3 is 0 Å². The lowest BCUT2D eigenvalue weighted by molar-refractivity contribution is 0.213. The van der Waals surface area contributed by atoms with Crippen LogP contribution in [0.1, 0.15) is 49.6 Å². The summed E-state index contributed by atoms with van der Waals surface area (Å²) in [6.45, 7) is 2.87. The molecular weight excluding hydrogens is 312 g/mol. The first-order chi connectivity index (χ1) is 11.4. The van der Waals surface area contributed by atoms with Crippen molar-refractivity contribution in [2.75, 3.05) is 0 Å². The zero-order valence-electron chi connectivity index (χ0n) is 13.4. The lowest BCUT2D eigenvalue weighted by Crippen LogP contribution is -2.12. The van der Waals surface area contributed by atoms with Crippen LogP contribution in [-0.4, -0.2) is 24.5 Å². The average molecular weight is 329 g/mol. The molecule has 0 bridgehead atoms. The molecule has 24 heavy (non-hydrogen) atoms.